The van der Waals surface area contributed by atoms with E-state index in [2.05, 4.69) is 16.0 Å². The van der Waals surface area contributed by atoms with Crippen LogP contribution in [0.1, 0.15) is 20.8 Å². The molecule has 0 aliphatic carbocycles. The van der Waals surface area contributed by atoms with Gasteiger partial charge in [-0.2, -0.15) is 0 Å². The number of hydrogen-bond donors (Lipinski definition) is 14. The fraction of sp³-hybridized carbons (Fsp3) is 0.900. The highest BCUT2D eigenvalue weighted by Crippen LogP contribution is 2.33. The summed E-state index contributed by atoms with van der Waals surface area (Å²) in [6.07, 6.45) is -29.7. The number of ether oxygens (including phenoxy) is 7. The maximum atomic E-state index is 12.0. The van der Waals surface area contributed by atoms with Crippen molar-refractivity contribution in [3.8, 4) is 0 Å². The molecule has 312 valence electrons. The van der Waals surface area contributed by atoms with Crippen molar-refractivity contribution in [2.75, 3.05) is 26.4 Å². The topological polar surface area (TPSA) is 374 Å². The second-order valence-electron chi connectivity index (χ2n) is 13.4. The zero-order valence-electron chi connectivity index (χ0n) is 29.4. The van der Waals surface area contributed by atoms with Gasteiger partial charge in [-0.3, -0.25) is 14.4 Å². The van der Waals surface area contributed by atoms with Crippen LogP contribution in [0.25, 0.3) is 0 Å². The molecule has 24 nitrogen and oxygen atoms in total. The number of carbonyl (C=O) groups is 3. The number of nitrogens with one attached hydrogen (secondary N) is 3. The van der Waals surface area contributed by atoms with Crippen molar-refractivity contribution in [2.24, 2.45) is 0 Å². The first kappa shape index (κ1) is 44.4. The van der Waals surface area contributed by atoms with Crippen molar-refractivity contribution < 1.29 is 104 Å². The molecule has 0 aromatic rings. The molecule has 4 aliphatic rings. The van der Waals surface area contributed by atoms with E-state index in [0.717, 1.165) is 20.8 Å². The molecule has 0 bridgehead atoms. The van der Waals surface area contributed by atoms with Gasteiger partial charge in [0.2, 0.25) is 17.7 Å². The van der Waals surface area contributed by atoms with E-state index in [9.17, 15) is 70.6 Å². The van der Waals surface area contributed by atoms with E-state index >= 15 is 0 Å². The lowest BCUT2D eigenvalue weighted by atomic mass is 9.94. The van der Waals surface area contributed by atoms with Gasteiger partial charge in [-0.15, -0.1) is 0 Å². The maximum absolute atomic E-state index is 12.0. The molecule has 4 fully saturated rings. The van der Waals surface area contributed by atoms with Crippen LogP contribution < -0.4 is 16.0 Å². The number of carbonyl (C=O) groups excluding carboxylic acids is 3. The molecule has 4 saturated heterocycles. The summed E-state index contributed by atoms with van der Waals surface area (Å²) in [4.78, 5) is 36.0. The quantitative estimate of drug-likeness (QED) is 0.0823. The van der Waals surface area contributed by atoms with Gasteiger partial charge < -0.3 is 105 Å². The average Bonchev–Trinajstić information content (AvgIpc) is 3.11. The number of rotatable bonds is 13. The van der Waals surface area contributed by atoms with E-state index in [-0.39, 0.29) is 0 Å². The Balaban J connectivity index is 1.68. The van der Waals surface area contributed by atoms with E-state index in [0.29, 0.717) is 0 Å². The van der Waals surface area contributed by atoms with Gasteiger partial charge in [-0.05, 0) is 0 Å². The minimum Gasteiger partial charge on any atom is -0.394 e. The van der Waals surface area contributed by atoms with Crippen LogP contribution in [0.5, 0.6) is 0 Å². The number of amides is 3. The van der Waals surface area contributed by atoms with Crippen molar-refractivity contribution in [1.82, 2.24) is 16.0 Å². The molecule has 20 atom stereocenters. The summed E-state index contributed by atoms with van der Waals surface area (Å²) in [5.41, 5.74) is 0. The highest BCUT2D eigenvalue weighted by atomic mass is 16.8. The van der Waals surface area contributed by atoms with Crippen molar-refractivity contribution in [1.29, 1.82) is 0 Å². The zero-order valence-corrected chi connectivity index (χ0v) is 29.4. The number of hydrogen-bond acceptors (Lipinski definition) is 21. The van der Waals surface area contributed by atoms with Gasteiger partial charge in [0.05, 0.1) is 26.4 Å². The van der Waals surface area contributed by atoms with Crippen LogP contribution in [0.4, 0.5) is 0 Å². The molecule has 14 N–H and O–H groups in total. The summed E-state index contributed by atoms with van der Waals surface area (Å²) in [5.74, 6) is -2.12. The highest BCUT2D eigenvalue weighted by Gasteiger charge is 2.55. The molecule has 24 heteroatoms. The minimum absolute atomic E-state index is 0.674. The first-order valence-corrected chi connectivity index (χ1v) is 17.1. The van der Waals surface area contributed by atoms with Crippen LogP contribution in [0.2, 0.25) is 0 Å². The lowest BCUT2D eigenvalue weighted by Gasteiger charge is -2.49. The molecule has 0 spiro atoms. The van der Waals surface area contributed by atoms with Gasteiger partial charge in [-0.1, -0.05) is 0 Å². The number of aliphatic hydroxyl groups excluding tert-OH is 11. The Hall–Kier alpha value is -2.31. The van der Waals surface area contributed by atoms with Gasteiger partial charge in [0.1, 0.15) is 97.5 Å². The molecule has 54 heavy (non-hydrogen) atoms. The van der Waals surface area contributed by atoms with E-state index in [1.807, 2.05) is 0 Å². The van der Waals surface area contributed by atoms with Crippen molar-refractivity contribution >= 4 is 17.7 Å². The Labute approximate surface area is 307 Å². The fourth-order valence-corrected chi connectivity index (χ4v) is 6.65. The molecule has 0 radical (unpaired) electrons. The second kappa shape index (κ2) is 19.2. The van der Waals surface area contributed by atoms with E-state index in [4.69, 9.17) is 33.2 Å². The third kappa shape index (κ3) is 9.97. The van der Waals surface area contributed by atoms with Crippen LogP contribution in [0.15, 0.2) is 0 Å². The molecule has 0 aromatic heterocycles. The van der Waals surface area contributed by atoms with Crippen LogP contribution in [-0.4, -0.2) is 223 Å². The Bertz CT molecular complexity index is 1250. The molecular weight excluding hydrogens is 738 g/mol. The summed E-state index contributed by atoms with van der Waals surface area (Å²) in [6.45, 7) is 0.0120. The molecule has 0 unspecified atom stereocenters. The minimum atomic E-state index is -2.10. The summed E-state index contributed by atoms with van der Waals surface area (Å²) in [5, 5.41) is 123. The van der Waals surface area contributed by atoms with Gasteiger partial charge in [0.25, 0.3) is 0 Å². The summed E-state index contributed by atoms with van der Waals surface area (Å²) in [7, 11) is 0. The fourth-order valence-electron chi connectivity index (χ4n) is 6.65. The van der Waals surface area contributed by atoms with Crippen LogP contribution in [0, 0.1) is 0 Å². The Morgan fingerprint density at radius 3 is 1.39 bits per heavy atom. The Morgan fingerprint density at radius 2 is 0.889 bits per heavy atom. The van der Waals surface area contributed by atoms with Gasteiger partial charge in [0.15, 0.2) is 25.2 Å². The normalized spacial score (nSPS) is 45.7. The standard InChI is InChI=1S/C30H51N3O21/c1-8(37)31-15-22(44)18(40)11(4-34)50-28(15)48-7-14-21(43)26(54-29-16(32-9(2)38)23(45)19(41)12(5-35)51-29)24(46)30(52-14)53-25-17(33-10(3)39)27(47)49-13(6-36)20(25)42/h11-30,34-36,40-47H,4-7H2,1-3H3,(H,31,37)(H,32,38)(H,33,39)/t11-,12-,13-,14-,15-,16-,17-,18-,19-,20+,21+,22-,23-,24-,25-,26+,27+,28-,29+,30+/m1/s1. The summed E-state index contributed by atoms with van der Waals surface area (Å²) >= 11 is 0. The van der Waals surface area contributed by atoms with E-state index < -0.39 is 167 Å². The van der Waals surface area contributed by atoms with Crippen molar-refractivity contribution in [2.45, 2.75) is 143 Å². The second-order valence-corrected chi connectivity index (χ2v) is 13.4. The van der Waals surface area contributed by atoms with E-state index in [1.54, 1.807) is 0 Å². The third-order valence-corrected chi connectivity index (χ3v) is 9.39. The molecule has 0 saturated carbocycles. The van der Waals surface area contributed by atoms with Crippen LogP contribution in [-0.2, 0) is 47.5 Å². The first-order valence-electron chi connectivity index (χ1n) is 17.1. The number of aliphatic hydroxyl groups is 11. The molecule has 3 amide bonds. The van der Waals surface area contributed by atoms with E-state index in [1.165, 1.54) is 0 Å². The largest absolute Gasteiger partial charge is 0.394 e. The average molecular weight is 790 g/mol. The van der Waals surface area contributed by atoms with Crippen LogP contribution in [0.3, 0.4) is 0 Å². The smallest absolute Gasteiger partial charge is 0.217 e. The predicted octanol–water partition coefficient (Wildman–Crippen LogP) is -9.32. The lowest BCUT2D eigenvalue weighted by molar-refractivity contribution is -0.370. The zero-order chi connectivity index (χ0) is 40.2. The molecule has 0 aromatic carbocycles. The van der Waals surface area contributed by atoms with Gasteiger partial charge in [-0.25, -0.2) is 0 Å². The van der Waals surface area contributed by atoms with Gasteiger partial charge in [0, 0.05) is 20.8 Å². The third-order valence-electron chi connectivity index (χ3n) is 9.39. The maximum Gasteiger partial charge on any atom is 0.217 e. The van der Waals surface area contributed by atoms with Crippen LogP contribution >= 0.6 is 0 Å². The summed E-state index contributed by atoms with van der Waals surface area (Å²) in [6, 6.07) is -4.53. The highest BCUT2D eigenvalue weighted by molar-refractivity contribution is 5.74. The SMILES string of the molecule is CC(=O)N[C@@H]1[C@@H](O[C@@H]2O[C@H](CO[C@@H]3O[C@H](CO)[C@@H](O)[C@H](O)[C@H]3NC(C)=O)[C@H](O)[C@H](O[C@@H]3O[C@H](CO)[C@@H](O)[C@H](O)[C@H]3NC(C)=O)[C@H]2O)[C@@H](O)[C@@H](CO)O[C@@H]1O. The monoisotopic (exact) mass is 789 g/mol. The summed E-state index contributed by atoms with van der Waals surface area (Å²) < 4.78 is 39.7. The lowest BCUT2D eigenvalue weighted by Crippen LogP contribution is -2.69. The molecule has 4 heterocycles. The molecule has 4 aliphatic heterocycles. The van der Waals surface area contributed by atoms with Crippen molar-refractivity contribution in [3.63, 3.8) is 0 Å². The predicted molar refractivity (Wildman–Crippen MR) is 169 cm³/mol. The van der Waals surface area contributed by atoms with Gasteiger partial charge >= 0.3 is 0 Å². The Kier molecular flexibility index (Phi) is 15.8. The molecule has 4 rings (SSSR count). The molecular formula is C30H51N3O21. The van der Waals surface area contributed by atoms with Crippen molar-refractivity contribution in [3.05, 3.63) is 0 Å². The Morgan fingerprint density at radius 1 is 0.481 bits per heavy atom. The first-order chi connectivity index (χ1) is 25.4.